The van der Waals surface area contributed by atoms with Crippen molar-refractivity contribution in [3.05, 3.63) is 40.8 Å². The molecule has 5 heteroatoms. The molecule has 0 aliphatic heterocycles. The fraction of sp³-hybridized carbons (Fsp3) is 0.750. The summed E-state index contributed by atoms with van der Waals surface area (Å²) in [6, 6.07) is 9.35. The van der Waals surface area contributed by atoms with Gasteiger partial charge in [0.05, 0.1) is 23.0 Å². The van der Waals surface area contributed by atoms with Crippen LogP contribution in [0.3, 0.4) is 0 Å². The summed E-state index contributed by atoms with van der Waals surface area (Å²) in [5.41, 5.74) is 1.14. The van der Waals surface area contributed by atoms with Crippen LogP contribution in [0.1, 0.15) is 97.6 Å². The smallest absolute Gasteiger partial charge is 0.246 e. The molecule has 0 bridgehead atoms. The Bertz CT molecular complexity index is 835. The highest BCUT2D eigenvalue weighted by Gasteiger charge is 2.55. The molecule has 7 atom stereocenters. The normalized spacial score (nSPS) is 34.8. The molecule has 3 fully saturated rings. The van der Waals surface area contributed by atoms with Gasteiger partial charge in [0.1, 0.15) is 0 Å². The number of carbonyl (C=O) groups excluding carboxylic acids is 1. The third kappa shape index (κ3) is 5.03. The highest BCUT2D eigenvalue weighted by atomic mass is 16.5. The minimum Gasteiger partial charge on any atom is -0.372 e. The first-order valence-electron chi connectivity index (χ1n) is 13.0. The van der Waals surface area contributed by atoms with Crippen LogP contribution in [0.5, 0.6) is 0 Å². The van der Waals surface area contributed by atoms with Gasteiger partial charge in [0.15, 0.2) is 0 Å². The molecule has 0 radical (unpaired) electrons. The van der Waals surface area contributed by atoms with Crippen LogP contribution < -0.4 is 0 Å². The van der Waals surface area contributed by atoms with Gasteiger partial charge in [-0.15, -0.1) is 4.91 Å². The monoisotopic (exact) mass is 454 g/mol. The minimum absolute atomic E-state index is 0.0905. The topological polar surface area (TPSA) is 59.0 Å². The first-order valence-corrected chi connectivity index (χ1v) is 13.0. The van der Waals surface area contributed by atoms with Crippen molar-refractivity contribution in [3.63, 3.8) is 0 Å². The van der Waals surface area contributed by atoms with Crippen molar-refractivity contribution < 1.29 is 9.53 Å². The van der Waals surface area contributed by atoms with E-state index in [-0.39, 0.29) is 17.6 Å². The van der Waals surface area contributed by atoms with E-state index in [1.54, 1.807) is 0 Å². The lowest BCUT2D eigenvalue weighted by Gasteiger charge is -2.52. The van der Waals surface area contributed by atoms with Crippen molar-refractivity contribution in [1.29, 1.82) is 0 Å². The van der Waals surface area contributed by atoms with Gasteiger partial charge in [-0.25, -0.2) is 0 Å². The lowest BCUT2D eigenvalue weighted by molar-refractivity contribution is -0.138. The summed E-state index contributed by atoms with van der Waals surface area (Å²) < 4.78 is 6.53. The van der Waals surface area contributed by atoms with Crippen LogP contribution in [-0.2, 0) is 9.53 Å². The molecule has 0 heterocycles. The Morgan fingerprint density at radius 3 is 2.55 bits per heavy atom. The van der Waals surface area contributed by atoms with E-state index in [1.807, 2.05) is 37.3 Å². The highest BCUT2D eigenvalue weighted by Crippen LogP contribution is 2.61. The van der Waals surface area contributed by atoms with E-state index < -0.39 is 0 Å². The van der Waals surface area contributed by atoms with E-state index >= 15 is 0 Å². The Kier molecular flexibility index (Phi) is 7.00. The molecule has 1 amide bonds. The first kappa shape index (κ1) is 24.4. The molecule has 0 N–H and O–H groups in total. The molecule has 3 saturated carbocycles. The molecule has 4 rings (SSSR count). The van der Waals surface area contributed by atoms with Crippen molar-refractivity contribution in [2.24, 2.45) is 34.4 Å². The van der Waals surface area contributed by atoms with Gasteiger partial charge in [0.25, 0.3) is 0 Å². The second kappa shape index (κ2) is 9.48. The fourth-order valence-electron chi connectivity index (χ4n) is 7.37. The summed E-state index contributed by atoms with van der Waals surface area (Å²) in [6.07, 6.45) is 9.12. The summed E-state index contributed by atoms with van der Waals surface area (Å²) in [5, 5.41) is 4.28. The highest BCUT2D eigenvalue weighted by molar-refractivity contribution is 5.76. The number of hydrogen-bond donors (Lipinski definition) is 0. The third-order valence-electron chi connectivity index (χ3n) is 8.99. The van der Waals surface area contributed by atoms with Crippen LogP contribution >= 0.6 is 0 Å². The van der Waals surface area contributed by atoms with Crippen LogP contribution in [0.4, 0.5) is 0 Å². The predicted octanol–water partition coefficient (Wildman–Crippen LogP) is 7.07. The van der Waals surface area contributed by atoms with Gasteiger partial charge < -0.3 is 4.74 Å². The minimum atomic E-state index is -0.332. The van der Waals surface area contributed by atoms with E-state index in [0.717, 1.165) is 35.2 Å². The Morgan fingerprint density at radius 1 is 1.15 bits per heavy atom. The Morgan fingerprint density at radius 2 is 1.88 bits per heavy atom. The number of nitrogens with zero attached hydrogens (tertiary/aromatic N) is 2. The van der Waals surface area contributed by atoms with E-state index in [2.05, 4.69) is 33.0 Å². The Balaban J connectivity index is 1.37. The third-order valence-corrected chi connectivity index (χ3v) is 8.99. The van der Waals surface area contributed by atoms with Crippen LogP contribution in [0.15, 0.2) is 35.6 Å². The number of nitroso groups, excluding NO2 is 1. The van der Waals surface area contributed by atoms with Gasteiger partial charge in [0, 0.05) is 6.42 Å². The number of fused-ring (bicyclic) bond motifs is 3. The molecule has 0 spiro atoms. The standard InChI is InChI=1S/C28H42N2O3/c1-19(21-9-7-6-8-10-21)30(29-32)26(31)18-20-11-12-23-22(17-20)15-16-28(5)24(23)13-14-25(28)33-27(2,3)4/h6-10,19-20,22-25H,11-18H2,1-5H3/t19?,20-,22+,23+,24-,25-,28-/m0/s1. The van der Waals surface area contributed by atoms with Gasteiger partial charge >= 0.3 is 0 Å². The molecule has 1 aromatic carbocycles. The quantitative estimate of drug-likeness (QED) is 0.341. The fourth-order valence-corrected chi connectivity index (χ4v) is 7.37. The molecule has 1 aromatic rings. The zero-order chi connectivity index (χ0) is 23.8. The lowest BCUT2D eigenvalue weighted by atomic mass is 9.55. The van der Waals surface area contributed by atoms with E-state index in [1.165, 1.54) is 32.1 Å². The maximum Gasteiger partial charge on any atom is 0.246 e. The van der Waals surface area contributed by atoms with E-state index in [0.29, 0.717) is 29.8 Å². The number of hydrogen-bond acceptors (Lipinski definition) is 4. The number of carbonyl (C=O) groups is 1. The molecule has 5 nitrogen and oxygen atoms in total. The second-order valence-electron chi connectivity index (χ2n) is 12.2. The second-order valence-corrected chi connectivity index (χ2v) is 12.2. The predicted molar refractivity (Wildman–Crippen MR) is 131 cm³/mol. The molecule has 0 aromatic heterocycles. The SMILES string of the molecule is CC(c1ccccc1)N(N=O)C(=O)C[C@H]1CC[C@@H]2[C@H](CC[C@]3(C)[C@@H](OC(C)(C)C)CC[C@@H]23)C1. The number of rotatable bonds is 6. The summed E-state index contributed by atoms with van der Waals surface area (Å²) in [5.74, 6) is 2.43. The van der Waals surface area contributed by atoms with Crippen LogP contribution in [-0.4, -0.2) is 22.6 Å². The van der Waals surface area contributed by atoms with Crippen molar-refractivity contribution >= 4 is 5.91 Å². The molecular weight excluding hydrogens is 412 g/mol. The van der Waals surface area contributed by atoms with Crippen LogP contribution in [0, 0.1) is 34.0 Å². The first-order chi connectivity index (χ1) is 15.6. The van der Waals surface area contributed by atoms with E-state index in [9.17, 15) is 9.70 Å². The number of amides is 1. The molecule has 3 aliphatic rings. The van der Waals surface area contributed by atoms with E-state index in [4.69, 9.17) is 4.74 Å². The van der Waals surface area contributed by atoms with Gasteiger partial charge in [-0.3, -0.25) is 4.79 Å². The molecule has 0 saturated heterocycles. The zero-order valence-electron chi connectivity index (χ0n) is 21.1. The van der Waals surface area contributed by atoms with Crippen molar-refractivity contribution in [2.45, 2.75) is 104 Å². The summed E-state index contributed by atoms with van der Waals surface area (Å²) in [4.78, 5) is 24.6. The van der Waals surface area contributed by atoms with Gasteiger partial charge in [-0.05, 0) is 107 Å². The van der Waals surface area contributed by atoms with Crippen molar-refractivity contribution in [1.82, 2.24) is 5.01 Å². The van der Waals surface area contributed by atoms with Crippen molar-refractivity contribution in [2.75, 3.05) is 0 Å². The Labute approximate surface area is 199 Å². The van der Waals surface area contributed by atoms with Crippen molar-refractivity contribution in [3.8, 4) is 0 Å². The zero-order valence-corrected chi connectivity index (χ0v) is 21.1. The summed E-state index contributed by atoms with van der Waals surface area (Å²) >= 11 is 0. The average Bonchev–Trinajstić information content (AvgIpc) is 3.09. The molecule has 1 unspecified atom stereocenters. The maximum absolute atomic E-state index is 13.0. The average molecular weight is 455 g/mol. The lowest BCUT2D eigenvalue weighted by Crippen LogP contribution is -2.47. The van der Waals surface area contributed by atoms with Crippen LogP contribution in [0.2, 0.25) is 0 Å². The number of ether oxygens (including phenoxy) is 1. The van der Waals surface area contributed by atoms with Gasteiger partial charge in [-0.2, -0.15) is 5.01 Å². The maximum atomic E-state index is 13.0. The van der Waals surface area contributed by atoms with Crippen LogP contribution in [0.25, 0.3) is 0 Å². The largest absolute Gasteiger partial charge is 0.372 e. The van der Waals surface area contributed by atoms with Gasteiger partial charge in [0.2, 0.25) is 5.91 Å². The Hall–Kier alpha value is -1.75. The summed E-state index contributed by atoms with van der Waals surface area (Å²) in [7, 11) is 0. The number of benzene rings is 1. The summed E-state index contributed by atoms with van der Waals surface area (Å²) in [6.45, 7) is 10.9. The molecule has 182 valence electrons. The molecular formula is C28H42N2O3. The van der Waals surface area contributed by atoms with Gasteiger partial charge in [-0.1, -0.05) is 37.3 Å². The molecule has 33 heavy (non-hydrogen) atoms. The molecule has 3 aliphatic carbocycles.